The normalized spacial score (nSPS) is 10.2. The zero-order valence-corrected chi connectivity index (χ0v) is 11.3. The van der Waals surface area contributed by atoms with Crippen LogP contribution in [0, 0.1) is 6.92 Å². The van der Waals surface area contributed by atoms with E-state index in [1.807, 2.05) is 31.2 Å². The predicted molar refractivity (Wildman–Crippen MR) is 78.0 cm³/mol. The zero-order chi connectivity index (χ0) is 14.5. The van der Waals surface area contributed by atoms with Gasteiger partial charge < -0.3 is 15.5 Å². The third-order valence-electron chi connectivity index (χ3n) is 3.00. The molecule has 0 aliphatic heterocycles. The minimum atomic E-state index is -0.849. The average Bonchev–Trinajstić information content (AvgIpc) is 2.39. The highest BCUT2D eigenvalue weighted by atomic mass is 16.4. The van der Waals surface area contributed by atoms with Crippen LogP contribution in [0.2, 0.25) is 0 Å². The van der Waals surface area contributed by atoms with Gasteiger partial charge in [-0.15, -0.1) is 0 Å². The number of hydrogen-bond donors (Lipinski definition) is 3. The van der Waals surface area contributed by atoms with Crippen LogP contribution in [0.3, 0.4) is 0 Å². The van der Waals surface area contributed by atoms with Gasteiger partial charge in [0, 0.05) is 17.8 Å². The van der Waals surface area contributed by atoms with Crippen molar-refractivity contribution in [2.45, 2.75) is 19.9 Å². The van der Waals surface area contributed by atoms with E-state index in [9.17, 15) is 9.90 Å². The van der Waals surface area contributed by atoms with Crippen molar-refractivity contribution in [3.8, 4) is 5.75 Å². The van der Waals surface area contributed by atoms with E-state index in [4.69, 9.17) is 5.11 Å². The Hall–Kier alpha value is -2.49. The molecule has 0 atom stereocenters. The average molecular weight is 271 g/mol. The molecule has 0 unspecified atom stereocenters. The highest BCUT2D eigenvalue weighted by Crippen LogP contribution is 2.20. The number of rotatable bonds is 5. The molecule has 0 aromatic heterocycles. The van der Waals surface area contributed by atoms with Gasteiger partial charge in [-0.05, 0) is 30.7 Å². The molecule has 3 N–H and O–H groups in total. The van der Waals surface area contributed by atoms with Crippen LogP contribution in [-0.2, 0) is 17.8 Å². The van der Waals surface area contributed by atoms with Crippen LogP contribution in [0.25, 0.3) is 0 Å². The first-order chi connectivity index (χ1) is 9.54. The van der Waals surface area contributed by atoms with E-state index >= 15 is 0 Å². The molecule has 0 bridgehead atoms. The molecule has 0 fully saturated rings. The number of carboxylic acid groups (broad SMARTS) is 1. The van der Waals surface area contributed by atoms with Gasteiger partial charge in [0.2, 0.25) is 0 Å². The SMILES string of the molecule is Cc1ccc(O)c(CNc2cccc(CC(=O)O)c2)c1. The van der Waals surface area contributed by atoms with Crippen molar-refractivity contribution in [3.05, 3.63) is 59.2 Å². The summed E-state index contributed by atoms with van der Waals surface area (Å²) in [6.45, 7) is 2.46. The lowest BCUT2D eigenvalue weighted by Gasteiger charge is -2.10. The van der Waals surface area contributed by atoms with E-state index in [1.54, 1.807) is 18.2 Å². The first kappa shape index (κ1) is 13.9. The number of aromatic hydroxyl groups is 1. The fraction of sp³-hybridized carbons (Fsp3) is 0.188. The molecule has 2 rings (SSSR count). The Morgan fingerprint density at radius 3 is 2.75 bits per heavy atom. The van der Waals surface area contributed by atoms with Crippen molar-refractivity contribution >= 4 is 11.7 Å². The van der Waals surface area contributed by atoms with Crippen molar-refractivity contribution in [1.29, 1.82) is 0 Å². The molecule has 104 valence electrons. The van der Waals surface area contributed by atoms with Crippen LogP contribution >= 0.6 is 0 Å². The summed E-state index contributed by atoms with van der Waals surface area (Å²) in [5, 5.41) is 21.7. The standard InChI is InChI=1S/C16H17NO3/c1-11-5-6-15(18)13(7-11)10-17-14-4-2-3-12(8-14)9-16(19)20/h2-8,17-18H,9-10H2,1H3,(H,19,20). The number of aliphatic carboxylic acids is 1. The van der Waals surface area contributed by atoms with Gasteiger partial charge in [-0.3, -0.25) is 4.79 Å². The summed E-state index contributed by atoms with van der Waals surface area (Å²) in [7, 11) is 0. The predicted octanol–water partition coefficient (Wildman–Crippen LogP) is 2.94. The zero-order valence-electron chi connectivity index (χ0n) is 11.3. The number of carbonyl (C=O) groups is 1. The van der Waals surface area contributed by atoms with Gasteiger partial charge in [-0.25, -0.2) is 0 Å². The maximum atomic E-state index is 10.7. The summed E-state index contributed by atoms with van der Waals surface area (Å²) in [4.78, 5) is 10.7. The number of anilines is 1. The Morgan fingerprint density at radius 1 is 1.20 bits per heavy atom. The number of hydrogen-bond acceptors (Lipinski definition) is 3. The minimum absolute atomic E-state index is 0.00517. The van der Waals surface area contributed by atoms with E-state index in [2.05, 4.69) is 5.32 Å². The topological polar surface area (TPSA) is 69.6 Å². The summed E-state index contributed by atoms with van der Waals surface area (Å²) in [6.07, 6.45) is 0.00517. The molecule has 0 amide bonds. The van der Waals surface area contributed by atoms with E-state index in [1.165, 1.54) is 0 Å². The third-order valence-corrected chi connectivity index (χ3v) is 3.00. The maximum Gasteiger partial charge on any atom is 0.307 e. The van der Waals surface area contributed by atoms with Gasteiger partial charge in [-0.1, -0.05) is 29.8 Å². The molecule has 4 nitrogen and oxygen atoms in total. The number of phenolic OH excluding ortho intramolecular Hbond substituents is 1. The van der Waals surface area contributed by atoms with Crippen molar-refractivity contribution in [3.63, 3.8) is 0 Å². The van der Waals surface area contributed by atoms with E-state index in [-0.39, 0.29) is 12.2 Å². The molecular formula is C16H17NO3. The van der Waals surface area contributed by atoms with Crippen LogP contribution in [0.4, 0.5) is 5.69 Å². The molecule has 0 heterocycles. The van der Waals surface area contributed by atoms with E-state index in [0.717, 1.165) is 22.4 Å². The smallest absolute Gasteiger partial charge is 0.307 e. The monoisotopic (exact) mass is 271 g/mol. The highest BCUT2D eigenvalue weighted by molar-refractivity contribution is 5.70. The maximum absolute atomic E-state index is 10.7. The Morgan fingerprint density at radius 2 is 2.00 bits per heavy atom. The molecule has 0 saturated heterocycles. The van der Waals surface area contributed by atoms with Crippen molar-refractivity contribution in [2.75, 3.05) is 5.32 Å². The van der Waals surface area contributed by atoms with Crippen molar-refractivity contribution in [2.24, 2.45) is 0 Å². The minimum Gasteiger partial charge on any atom is -0.508 e. The van der Waals surface area contributed by atoms with Crippen LogP contribution in [0.5, 0.6) is 5.75 Å². The lowest BCUT2D eigenvalue weighted by molar-refractivity contribution is -0.136. The van der Waals surface area contributed by atoms with Gasteiger partial charge in [0.25, 0.3) is 0 Å². The highest BCUT2D eigenvalue weighted by Gasteiger charge is 2.03. The molecule has 2 aromatic rings. The molecule has 2 aromatic carbocycles. The number of phenols is 1. The van der Waals surface area contributed by atoms with Crippen molar-refractivity contribution < 1.29 is 15.0 Å². The van der Waals surface area contributed by atoms with Crippen LogP contribution in [0.1, 0.15) is 16.7 Å². The summed E-state index contributed by atoms with van der Waals surface area (Å²) >= 11 is 0. The molecule has 0 spiro atoms. The molecular weight excluding hydrogens is 254 g/mol. The number of aryl methyl sites for hydroxylation is 1. The summed E-state index contributed by atoms with van der Waals surface area (Å²) < 4.78 is 0. The number of benzene rings is 2. The second-order valence-corrected chi connectivity index (χ2v) is 4.76. The van der Waals surface area contributed by atoms with Crippen LogP contribution < -0.4 is 5.32 Å². The lowest BCUT2D eigenvalue weighted by Crippen LogP contribution is -2.03. The van der Waals surface area contributed by atoms with E-state index in [0.29, 0.717) is 6.54 Å². The molecule has 0 radical (unpaired) electrons. The number of carboxylic acids is 1. The fourth-order valence-corrected chi connectivity index (χ4v) is 2.02. The van der Waals surface area contributed by atoms with Crippen molar-refractivity contribution in [1.82, 2.24) is 0 Å². The molecule has 0 aliphatic carbocycles. The first-order valence-electron chi connectivity index (χ1n) is 6.37. The van der Waals surface area contributed by atoms with Gasteiger partial charge in [0.05, 0.1) is 6.42 Å². The second-order valence-electron chi connectivity index (χ2n) is 4.76. The molecule has 0 aliphatic rings. The summed E-state index contributed by atoms with van der Waals surface area (Å²) in [6, 6.07) is 12.7. The Balaban J connectivity index is 2.07. The largest absolute Gasteiger partial charge is 0.508 e. The van der Waals surface area contributed by atoms with Gasteiger partial charge >= 0.3 is 5.97 Å². The van der Waals surface area contributed by atoms with E-state index < -0.39 is 5.97 Å². The molecule has 20 heavy (non-hydrogen) atoms. The Bertz CT molecular complexity index is 623. The molecule has 0 saturated carbocycles. The first-order valence-corrected chi connectivity index (χ1v) is 6.37. The lowest BCUT2D eigenvalue weighted by atomic mass is 10.1. The summed E-state index contributed by atoms with van der Waals surface area (Å²) in [5.41, 5.74) is 3.48. The fourth-order valence-electron chi connectivity index (χ4n) is 2.02. The Labute approximate surface area is 117 Å². The second kappa shape index (κ2) is 6.10. The molecule has 4 heteroatoms. The van der Waals surface area contributed by atoms with Gasteiger partial charge in [0.1, 0.15) is 5.75 Å². The van der Waals surface area contributed by atoms with Crippen LogP contribution in [-0.4, -0.2) is 16.2 Å². The quantitative estimate of drug-likeness (QED) is 0.782. The van der Waals surface area contributed by atoms with Gasteiger partial charge in [0.15, 0.2) is 0 Å². The third kappa shape index (κ3) is 3.75. The van der Waals surface area contributed by atoms with Crippen LogP contribution in [0.15, 0.2) is 42.5 Å². The number of nitrogens with one attached hydrogen (secondary N) is 1. The van der Waals surface area contributed by atoms with Gasteiger partial charge in [-0.2, -0.15) is 0 Å². The Kier molecular flexibility index (Phi) is 4.25. The summed E-state index contributed by atoms with van der Waals surface area (Å²) in [5.74, 6) is -0.594.